The molecule has 0 spiro atoms. The Morgan fingerprint density at radius 3 is 2.38 bits per heavy atom. The van der Waals surface area contributed by atoms with Crippen molar-refractivity contribution in [2.75, 3.05) is 0 Å². The van der Waals surface area contributed by atoms with E-state index in [-0.39, 0.29) is 33.1 Å². The number of carboxylic acids is 1. The average Bonchev–Trinajstić information content (AvgIpc) is 2.73. The summed E-state index contributed by atoms with van der Waals surface area (Å²) in [6.07, 6.45) is -2.02. The number of carboxylic acid groups (broad SMARTS) is 1. The molecule has 1 aromatic carbocycles. The van der Waals surface area contributed by atoms with E-state index in [1.165, 1.54) is 18.2 Å². The number of aromatic carboxylic acids is 1. The third-order valence-corrected chi connectivity index (χ3v) is 5.28. The van der Waals surface area contributed by atoms with Crippen LogP contribution in [-0.2, 0) is 5.60 Å². The van der Waals surface area contributed by atoms with Crippen LogP contribution in [0.1, 0.15) is 34.5 Å². The highest BCUT2D eigenvalue weighted by Gasteiger charge is 2.59. The van der Waals surface area contributed by atoms with Gasteiger partial charge in [-0.2, -0.15) is 13.2 Å². The summed E-state index contributed by atoms with van der Waals surface area (Å²) in [5, 5.41) is 19.5. The molecule has 2 N–H and O–H groups in total. The summed E-state index contributed by atoms with van der Waals surface area (Å²) in [6, 6.07) is 5.85. The number of hydrogen-bond acceptors (Lipinski definition) is 6. The molecule has 0 fully saturated rings. The molecule has 3 rings (SSSR count). The van der Waals surface area contributed by atoms with E-state index in [2.05, 4.69) is 15.0 Å². The van der Waals surface area contributed by atoms with Gasteiger partial charge < -0.3 is 14.9 Å². The Morgan fingerprint density at radius 2 is 1.81 bits per heavy atom. The molecule has 168 valence electrons. The topological polar surface area (TPSA) is 105 Å². The van der Waals surface area contributed by atoms with Crippen LogP contribution in [0.4, 0.5) is 13.2 Å². The number of benzene rings is 1. The molecule has 2 aromatic heterocycles. The van der Waals surface area contributed by atoms with Gasteiger partial charge >= 0.3 is 12.1 Å². The van der Waals surface area contributed by atoms with Crippen LogP contribution in [0.5, 0.6) is 11.6 Å². The zero-order valence-electron chi connectivity index (χ0n) is 16.1. The fraction of sp³-hybridized carbons (Fsp3) is 0.200. The lowest BCUT2D eigenvalue weighted by atomic mass is 9.78. The second-order valence-corrected chi connectivity index (χ2v) is 7.48. The highest BCUT2D eigenvalue weighted by atomic mass is 35.5. The lowest BCUT2D eigenvalue weighted by Gasteiger charge is -2.37. The van der Waals surface area contributed by atoms with Crippen molar-refractivity contribution in [2.45, 2.75) is 24.6 Å². The Bertz CT molecular complexity index is 1150. The number of aromatic nitrogens is 3. The number of pyridine rings is 1. The summed E-state index contributed by atoms with van der Waals surface area (Å²) < 4.78 is 47.7. The maximum Gasteiger partial charge on any atom is 0.422 e. The molecule has 0 radical (unpaired) electrons. The third kappa shape index (κ3) is 4.62. The molecule has 0 saturated heterocycles. The van der Waals surface area contributed by atoms with Crippen LogP contribution in [0.2, 0.25) is 10.2 Å². The van der Waals surface area contributed by atoms with Gasteiger partial charge in [0, 0.05) is 17.1 Å². The minimum absolute atomic E-state index is 0.0417. The molecular formula is C20H14Cl2F3N3O4. The van der Waals surface area contributed by atoms with Crippen LogP contribution in [0.3, 0.4) is 0 Å². The largest absolute Gasteiger partial charge is 0.476 e. The molecule has 0 amide bonds. The lowest BCUT2D eigenvalue weighted by Crippen LogP contribution is -2.46. The predicted molar refractivity (Wildman–Crippen MR) is 108 cm³/mol. The highest BCUT2D eigenvalue weighted by molar-refractivity contribution is 6.31. The summed E-state index contributed by atoms with van der Waals surface area (Å²) in [4.78, 5) is 21.9. The minimum atomic E-state index is -5.09. The molecule has 0 aliphatic rings. The van der Waals surface area contributed by atoms with Gasteiger partial charge in [-0.15, -0.1) is 0 Å². The van der Waals surface area contributed by atoms with Crippen molar-refractivity contribution in [1.29, 1.82) is 0 Å². The zero-order valence-corrected chi connectivity index (χ0v) is 17.7. The van der Waals surface area contributed by atoms with Gasteiger partial charge in [0.25, 0.3) is 0 Å². The van der Waals surface area contributed by atoms with Gasteiger partial charge in [-0.25, -0.2) is 19.7 Å². The van der Waals surface area contributed by atoms with Crippen LogP contribution in [0, 0.1) is 0 Å². The van der Waals surface area contributed by atoms with Crippen LogP contribution < -0.4 is 4.74 Å². The van der Waals surface area contributed by atoms with Crippen LogP contribution in [-0.4, -0.2) is 37.3 Å². The fourth-order valence-corrected chi connectivity index (χ4v) is 3.50. The van der Waals surface area contributed by atoms with E-state index in [4.69, 9.17) is 33.0 Å². The Balaban J connectivity index is 2.01. The van der Waals surface area contributed by atoms with Crippen molar-refractivity contribution in [3.05, 3.63) is 75.9 Å². The monoisotopic (exact) mass is 487 g/mol. The molecule has 0 aliphatic heterocycles. The molecule has 32 heavy (non-hydrogen) atoms. The van der Waals surface area contributed by atoms with Crippen molar-refractivity contribution < 1.29 is 32.9 Å². The average molecular weight is 488 g/mol. The quantitative estimate of drug-likeness (QED) is 0.459. The van der Waals surface area contributed by atoms with E-state index >= 15 is 0 Å². The third-order valence-electron chi connectivity index (χ3n) is 4.73. The van der Waals surface area contributed by atoms with Crippen molar-refractivity contribution in [3.8, 4) is 11.6 Å². The van der Waals surface area contributed by atoms with E-state index < -0.39 is 29.2 Å². The second-order valence-electron chi connectivity index (χ2n) is 6.68. The normalized spacial score (nSPS) is 14.5. The maximum absolute atomic E-state index is 14.1. The SMILES string of the molecule is C[C@H](c1cc(Oc2cnc(C(=O)O)cn2)ccc1Cl)[C@@](O)(c1ccnc(Cl)c1)C(F)(F)F. The number of aliphatic hydroxyl groups is 1. The number of rotatable bonds is 6. The minimum Gasteiger partial charge on any atom is -0.476 e. The molecule has 2 atom stereocenters. The summed E-state index contributed by atoms with van der Waals surface area (Å²) in [7, 11) is 0. The number of carbonyl (C=O) groups is 1. The van der Waals surface area contributed by atoms with Gasteiger partial charge in [-0.1, -0.05) is 30.1 Å². The Hall–Kier alpha value is -2.95. The second kappa shape index (κ2) is 8.89. The van der Waals surface area contributed by atoms with Crippen molar-refractivity contribution >= 4 is 29.2 Å². The maximum atomic E-state index is 14.1. The number of hydrogen-bond donors (Lipinski definition) is 2. The molecule has 3 aromatic rings. The first-order valence-corrected chi connectivity index (χ1v) is 9.63. The smallest absolute Gasteiger partial charge is 0.422 e. The number of ether oxygens (including phenoxy) is 1. The molecule has 0 saturated carbocycles. The van der Waals surface area contributed by atoms with Gasteiger partial charge in [0.05, 0.1) is 12.4 Å². The molecule has 7 nitrogen and oxygen atoms in total. The number of nitrogens with zero attached hydrogens (tertiary/aromatic N) is 3. The Kier molecular flexibility index (Phi) is 6.59. The van der Waals surface area contributed by atoms with Gasteiger partial charge in [-0.05, 0) is 41.5 Å². The number of halogens is 5. The Morgan fingerprint density at radius 1 is 1.09 bits per heavy atom. The first kappa shape index (κ1) is 23.7. The van der Waals surface area contributed by atoms with Crippen LogP contribution >= 0.6 is 23.2 Å². The molecule has 0 unspecified atom stereocenters. The fourth-order valence-electron chi connectivity index (χ4n) is 3.04. The van der Waals surface area contributed by atoms with E-state index in [1.54, 1.807) is 0 Å². The van der Waals surface area contributed by atoms with Crippen LogP contribution in [0.25, 0.3) is 0 Å². The molecule has 0 bridgehead atoms. The highest BCUT2D eigenvalue weighted by Crippen LogP contribution is 2.50. The van der Waals surface area contributed by atoms with Crippen molar-refractivity contribution in [2.24, 2.45) is 0 Å². The van der Waals surface area contributed by atoms with Gasteiger partial charge in [0.15, 0.2) is 11.3 Å². The molecule has 12 heteroatoms. The van der Waals surface area contributed by atoms with E-state index in [9.17, 15) is 23.1 Å². The molecular weight excluding hydrogens is 474 g/mol. The van der Waals surface area contributed by atoms with E-state index in [0.717, 1.165) is 37.6 Å². The standard InChI is InChI=1S/C20H14Cl2F3N3O4/c1-10(19(31,20(23,24)25)11-4-5-26-16(22)6-11)13-7-12(2-3-14(13)21)32-17-9-27-15(8-28-17)18(29)30/h2-10,31H,1H3,(H,29,30)/t10-,19-/m1/s1. The summed E-state index contributed by atoms with van der Waals surface area (Å²) in [5.41, 5.74) is -4.22. The summed E-state index contributed by atoms with van der Waals surface area (Å²) in [6.45, 7) is 1.16. The van der Waals surface area contributed by atoms with Crippen LogP contribution in [0.15, 0.2) is 48.9 Å². The number of alkyl halides is 3. The first-order chi connectivity index (χ1) is 14.9. The summed E-state index contributed by atoms with van der Waals surface area (Å²) in [5.74, 6) is -2.92. The van der Waals surface area contributed by atoms with Gasteiger partial charge in [-0.3, -0.25) is 0 Å². The van der Waals surface area contributed by atoms with Gasteiger partial charge in [0.1, 0.15) is 10.9 Å². The van der Waals surface area contributed by atoms with E-state index in [1.807, 2.05) is 0 Å². The van der Waals surface area contributed by atoms with Crippen molar-refractivity contribution in [1.82, 2.24) is 15.0 Å². The van der Waals surface area contributed by atoms with Gasteiger partial charge in [0.2, 0.25) is 5.88 Å². The zero-order chi connectivity index (χ0) is 23.7. The van der Waals surface area contributed by atoms with E-state index in [0.29, 0.717) is 0 Å². The molecule has 2 heterocycles. The Labute approximate surface area is 189 Å². The molecule has 0 aliphatic carbocycles. The van der Waals surface area contributed by atoms with Crippen molar-refractivity contribution in [3.63, 3.8) is 0 Å². The predicted octanol–water partition coefficient (Wildman–Crippen LogP) is 5.22. The first-order valence-electron chi connectivity index (χ1n) is 8.87. The summed E-state index contributed by atoms with van der Waals surface area (Å²) >= 11 is 11.9. The lowest BCUT2D eigenvalue weighted by molar-refractivity contribution is -0.274.